The third-order valence-corrected chi connectivity index (χ3v) is 5.07. The first kappa shape index (κ1) is 19.5. The standard InChI is InChI=1S/C25H22N2O3/c1-17-10-12-18(13-11-17)25(29)27(21-7-5-8-22(15-21)30-2)16-20-14-19-6-3-4-9-23(19)26-24(20)28/h3-15H,16H2,1-2H3,(H,26,28). The molecule has 1 N–H and O–H groups in total. The van der Waals surface area contributed by atoms with Crippen LogP contribution in [0.1, 0.15) is 21.5 Å². The molecule has 150 valence electrons. The van der Waals surface area contributed by atoms with Crippen molar-refractivity contribution in [2.75, 3.05) is 12.0 Å². The number of fused-ring (bicyclic) bond motifs is 1. The third-order valence-electron chi connectivity index (χ3n) is 5.07. The minimum absolute atomic E-state index is 0.139. The van der Waals surface area contributed by atoms with E-state index in [1.807, 2.05) is 67.6 Å². The van der Waals surface area contributed by atoms with Gasteiger partial charge in [0.25, 0.3) is 11.5 Å². The molecule has 3 aromatic carbocycles. The van der Waals surface area contributed by atoms with Gasteiger partial charge in [0, 0.05) is 28.4 Å². The van der Waals surface area contributed by atoms with Crippen LogP contribution in [0.4, 0.5) is 5.69 Å². The Morgan fingerprint density at radius 3 is 2.50 bits per heavy atom. The van der Waals surface area contributed by atoms with Gasteiger partial charge in [0.15, 0.2) is 0 Å². The highest BCUT2D eigenvalue weighted by Crippen LogP contribution is 2.25. The van der Waals surface area contributed by atoms with E-state index in [0.29, 0.717) is 22.6 Å². The van der Waals surface area contributed by atoms with Crippen LogP contribution in [0.25, 0.3) is 10.9 Å². The molecular formula is C25H22N2O3. The molecule has 0 fully saturated rings. The number of aromatic nitrogens is 1. The van der Waals surface area contributed by atoms with E-state index in [2.05, 4.69) is 4.98 Å². The highest BCUT2D eigenvalue weighted by Gasteiger charge is 2.20. The number of hydrogen-bond acceptors (Lipinski definition) is 3. The number of rotatable bonds is 5. The lowest BCUT2D eigenvalue weighted by molar-refractivity contribution is 0.0985. The summed E-state index contributed by atoms with van der Waals surface area (Å²) in [6, 6.07) is 24.1. The van der Waals surface area contributed by atoms with Crippen molar-refractivity contribution in [2.24, 2.45) is 0 Å². The molecule has 0 atom stereocenters. The number of benzene rings is 3. The zero-order valence-electron chi connectivity index (χ0n) is 16.9. The SMILES string of the molecule is COc1cccc(N(Cc2cc3ccccc3[nH]c2=O)C(=O)c2ccc(C)cc2)c1. The molecule has 0 saturated heterocycles. The van der Waals surface area contributed by atoms with Gasteiger partial charge in [-0.1, -0.05) is 42.0 Å². The summed E-state index contributed by atoms with van der Waals surface area (Å²) < 4.78 is 5.33. The molecule has 30 heavy (non-hydrogen) atoms. The normalized spacial score (nSPS) is 10.7. The number of H-pyrrole nitrogens is 1. The van der Waals surface area contributed by atoms with Crippen LogP contribution in [0.15, 0.2) is 83.7 Å². The second-order valence-electron chi connectivity index (χ2n) is 7.17. The molecule has 1 aromatic heterocycles. The van der Waals surface area contributed by atoms with Gasteiger partial charge >= 0.3 is 0 Å². The summed E-state index contributed by atoms with van der Waals surface area (Å²) in [6.07, 6.45) is 0. The van der Waals surface area contributed by atoms with E-state index < -0.39 is 0 Å². The lowest BCUT2D eigenvalue weighted by atomic mass is 10.1. The number of hydrogen-bond donors (Lipinski definition) is 1. The Balaban J connectivity index is 1.79. The van der Waals surface area contributed by atoms with E-state index in [1.165, 1.54) is 0 Å². The van der Waals surface area contributed by atoms with Crippen molar-refractivity contribution in [2.45, 2.75) is 13.5 Å². The second kappa shape index (κ2) is 8.25. The van der Waals surface area contributed by atoms with Gasteiger partial charge in [0.1, 0.15) is 5.75 Å². The quantitative estimate of drug-likeness (QED) is 0.530. The first-order chi connectivity index (χ1) is 14.5. The van der Waals surface area contributed by atoms with E-state index in [4.69, 9.17) is 4.74 Å². The van der Waals surface area contributed by atoms with Gasteiger partial charge in [-0.05, 0) is 48.7 Å². The van der Waals surface area contributed by atoms with Crippen LogP contribution in [0, 0.1) is 6.92 Å². The van der Waals surface area contributed by atoms with Gasteiger partial charge in [-0.15, -0.1) is 0 Å². The summed E-state index contributed by atoms with van der Waals surface area (Å²) >= 11 is 0. The lowest BCUT2D eigenvalue weighted by Gasteiger charge is -2.23. The smallest absolute Gasteiger partial charge is 0.258 e. The molecule has 0 bridgehead atoms. The van der Waals surface area contributed by atoms with Crippen molar-refractivity contribution in [1.29, 1.82) is 0 Å². The Morgan fingerprint density at radius 1 is 0.967 bits per heavy atom. The van der Waals surface area contributed by atoms with E-state index in [-0.39, 0.29) is 18.0 Å². The fraction of sp³-hybridized carbons (Fsp3) is 0.120. The largest absolute Gasteiger partial charge is 0.497 e. The van der Waals surface area contributed by atoms with Crippen molar-refractivity contribution in [3.8, 4) is 5.75 Å². The first-order valence-electron chi connectivity index (χ1n) is 9.69. The fourth-order valence-corrected chi connectivity index (χ4v) is 3.39. The summed E-state index contributed by atoms with van der Waals surface area (Å²) in [5, 5.41) is 0.917. The van der Waals surface area contributed by atoms with Crippen molar-refractivity contribution < 1.29 is 9.53 Å². The van der Waals surface area contributed by atoms with E-state index >= 15 is 0 Å². The Bertz CT molecular complexity index is 1260. The van der Waals surface area contributed by atoms with Crippen molar-refractivity contribution in [3.63, 3.8) is 0 Å². The van der Waals surface area contributed by atoms with E-state index in [0.717, 1.165) is 16.5 Å². The fourth-order valence-electron chi connectivity index (χ4n) is 3.39. The highest BCUT2D eigenvalue weighted by atomic mass is 16.5. The van der Waals surface area contributed by atoms with Crippen LogP contribution in [0.2, 0.25) is 0 Å². The number of carbonyl (C=O) groups excluding carboxylic acids is 1. The number of amides is 1. The molecule has 5 nitrogen and oxygen atoms in total. The summed E-state index contributed by atoms with van der Waals surface area (Å²) in [5.41, 5.74) is 3.36. The number of aryl methyl sites for hydroxylation is 1. The summed E-state index contributed by atoms with van der Waals surface area (Å²) in [4.78, 5) is 30.6. The molecular weight excluding hydrogens is 376 g/mol. The zero-order chi connectivity index (χ0) is 21.1. The molecule has 1 amide bonds. The Labute approximate surface area is 174 Å². The average molecular weight is 398 g/mol. The second-order valence-corrected chi connectivity index (χ2v) is 7.17. The molecule has 1 heterocycles. The van der Waals surface area contributed by atoms with Crippen LogP contribution in [0.5, 0.6) is 5.75 Å². The first-order valence-corrected chi connectivity index (χ1v) is 9.69. The Hall–Kier alpha value is -3.86. The molecule has 0 aliphatic rings. The predicted octanol–water partition coefficient (Wildman–Crippen LogP) is 4.69. The summed E-state index contributed by atoms with van der Waals surface area (Å²) in [5.74, 6) is 0.456. The Morgan fingerprint density at radius 2 is 1.73 bits per heavy atom. The number of pyridine rings is 1. The number of aromatic amines is 1. The van der Waals surface area contributed by atoms with Gasteiger partial charge in [0.05, 0.1) is 13.7 Å². The monoisotopic (exact) mass is 398 g/mol. The molecule has 4 aromatic rings. The minimum Gasteiger partial charge on any atom is -0.497 e. The van der Waals surface area contributed by atoms with Crippen LogP contribution < -0.4 is 15.2 Å². The number of nitrogens with one attached hydrogen (secondary N) is 1. The maximum Gasteiger partial charge on any atom is 0.258 e. The van der Waals surface area contributed by atoms with Crippen LogP contribution in [-0.4, -0.2) is 18.0 Å². The van der Waals surface area contributed by atoms with Crippen LogP contribution in [0.3, 0.4) is 0 Å². The molecule has 0 saturated carbocycles. The van der Waals surface area contributed by atoms with E-state index in [9.17, 15) is 9.59 Å². The van der Waals surface area contributed by atoms with Gasteiger partial charge < -0.3 is 14.6 Å². The number of anilines is 1. The molecule has 5 heteroatoms. The zero-order valence-corrected chi connectivity index (χ0v) is 16.9. The van der Waals surface area contributed by atoms with Gasteiger partial charge in [0.2, 0.25) is 0 Å². The molecule has 0 aliphatic heterocycles. The molecule has 0 radical (unpaired) electrons. The third kappa shape index (κ3) is 3.96. The number of nitrogens with zero attached hydrogens (tertiary/aromatic N) is 1. The minimum atomic E-state index is -0.210. The molecule has 0 unspecified atom stereocenters. The molecule has 4 rings (SSSR count). The summed E-state index contributed by atoms with van der Waals surface area (Å²) in [6.45, 7) is 2.11. The van der Waals surface area contributed by atoms with Gasteiger partial charge in [-0.3, -0.25) is 9.59 Å². The van der Waals surface area contributed by atoms with Crippen molar-refractivity contribution >= 4 is 22.5 Å². The number of carbonyl (C=O) groups is 1. The number of methoxy groups -OCH3 is 1. The van der Waals surface area contributed by atoms with Crippen molar-refractivity contribution in [1.82, 2.24) is 4.98 Å². The maximum atomic E-state index is 13.4. The topological polar surface area (TPSA) is 62.4 Å². The number of para-hydroxylation sites is 1. The predicted molar refractivity (Wildman–Crippen MR) is 119 cm³/mol. The number of ether oxygens (including phenoxy) is 1. The lowest BCUT2D eigenvalue weighted by Crippen LogP contribution is -2.32. The summed E-state index contributed by atoms with van der Waals surface area (Å²) in [7, 11) is 1.58. The van der Waals surface area contributed by atoms with Gasteiger partial charge in [-0.25, -0.2) is 0 Å². The van der Waals surface area contributed by atoms with Crippen LogP contribution >= 0.6 is 0 Å². The van der Waals surface area contributed by atoms with Crippen molar-refractivity contribution in [3.05, 3.63) is 106 Å². The highest BCUT2D eigenvalue weighted by molar-refractivity contribution is 6.06. The average Bonchev–Trinajstić information content (AvgIpc) is 2.77. The molecule has 0 spiro atoms. The van der Waals surface area contributed by atoms with E-state index in [1.54, 1.807) is 30.2 Å². The molecule has 0 aliphatic carbocycles. The van der Waals surface area contributed by atoms with Crippen LogP contribution in [-0.2, 0) is 6.54 Å². The Kier molecular flexibility index (Phi) is 5.35. The van der Waals surface area contributed by atoms with Gasteiger partial charge in [-0.2, -0.15) is 0 Å². The maximum absolute atomic E-state index is 13.4.